The van der Waals surface area contributed by atoms with Crippen molar-refractivity contribution in [2.45, 2.75) is 26.4 Å². The Morgan fingerprint density at radius 3 is 2.97 bits per heavy atom. The quantitative estimate of drug-likeness (QED) is 0.528. The molecule has 1 aliphatic rings. The van der Waals surface area contributed by atoms with Gasteiger partial charge in [-0.2, -0.15) is 5.10 Å². The molecular formula is C21H22FN7O. The van der Waals surface area contributed by atoms with E-state index >= 15 is 0 Å². The van der Waals surface area contributed by atoms with Crippen molar-refractivity contribution in [1.82, 2.24) is 24.1 Å². The van der Waals surface area contributed by atoms with Gasteiger partial charge in [0.1, 0.15) is 11.6 Å². The van der Waals surface area contributed by atoms with E-state index in [1.165, 1.54) is 6.07 Å². The number of nitrogens with two attached hydrogens (primary N) is 1. The minimum atomic E-state index is -0.252. The van der Waals surface area contributed by atoms with Gasteiger partial charge in [0, 0.05) is 50.1 Å². The fraction of sp³-hybridized carbons (Fsp3) is 0.286. The number of rotatable bonds is 5. The van der Waals surface area contributed by atoms with E-state index in [1.54, 1.807) is 16.9 Å². The van der Waals surface area contributed by atoms with Crippen LogP contribution in [-0.2, 0) is 26.6 Å². The molecule has 0 bridgehead atoms. The van der Waals surface area contributed by atoms with Crippen LogP contribution in [-0.4, -0.2) is 30.8 Å². The molecule has 0 atom stereocenters. The van der Waals surface area contributed by atoms with Crippen molar-refractivity contribution in [3.63, 3.8) is 0 Å². The predicted molar refractivity (Wildman–Crippen MR) is 111 cm³/mol. The topological polar surface area (TPSA) is 95.3 Å². The zero-order chi connectivity index (χ0) is 20.8. The highest BCUT2D eigenvalue weighted by molar-refractivity contribution is 5.76. The normalized spacial score (nSPS) is 12.9. The van der Waals surface area contributed by atoms with E-state index in [9.17, 15) is 4.39 Å². The lowest BCUT2D eigenvalue weighted by molar-refractivity contribution is 0.356. The van der Waals surface area contributed by atoms with Gasteiger partial charge in [0.15, 0.2) is 5.65 Å². The molecule has 3 N–H and O–H groups in total. The standard InChI is InChI=1S/C21H22FN7O/c1-12-7-18(28(2)27-12)16-10-25-21(29-11-13(8-23)26-20(16)29)24-9-15-14-5-6-30-19(14)4-3-17(15)22/h3-4,7,10-11H,5-6,8-9,23H2,1-2H3,(H,24,25). The van der Waals surface area contributed by atoms with Crippen LogP contribution in [0, 0.1) is 12.7 Å². The third kappa shape index (κ3) is 2.98. The third-order valence-corrected chi connectivity index (χ3v) is 5.39. The number of halogens is 1. The Labute approximate surface area is 172 Å². The second kappa shape index (κ2) is 7.10. The van der Waals surface area contributed by atoms with Gasteiger partial charge in [0.2, 0.25) is 5.95 Å². The summed E-state index contributed by atoms with van der Waals surface area (Å²) < 4.78 is 23.7. The molecule has 8 nitrogen and oxygen atoms in total. The lowest BCUT2D eigenvalue weighted by Gasteiger charge is -2.13. The number of aryl methyl sites for hydroxylation is 2. The van der Waals surface area contributed by atoms with Crippen LogP contribution in [0.25, 0.3) is 16.9 Å². The van der Waals surface area contributed by atoms with Crippen molar-refractivity contribution in [3.8, 4) is 17.0 Å². The average molecular weight is 407 g/mol. The Morgan fingerprint density at radius 2 is 2.20 bits per heavy atom. The molecular weight excluding hydrogens is 385 g/mol. The summed E-state index contributed by atoms with van der Waals surface area (Å²) in [5.41, 5.74) is 11.5. The van der Waals surface area contributed by atoms with Gasteiger partial charge in [-0.3, -0.25) is 9.08 Å². The Balaban J connectivity index is 1.55. The van der Waals surface area contributed by atoms with Crippen LogP contribution < -0.4 is 15.8 Å². The van der Waals surface area contributed by atoms with Crippen LogP contribution in [0.5, 0.6) is 5.75 Å². The molecule has 4 heterocycles. The number of fused-ring (bicyclic) bond motifs is 2. The first-order chi connectivity index (χ1) is 14.5. The van der Waals surface area contributed by atoms with E-state index in [-0.39, 0.29) is 5.82 Å². The first-order valence-corrected chi connectivity index (χ1v) is 9.80. The van der Waals surface area contributed by atoms with Gasteiger partial charge in [0.25, 0.3) is 0 Å². The molecule has 0 unspecified atom stereocenters. The monoisotopic (exact) mass is 407 g/mol. The second-order valence-corrected chi connectivity index (χ2v) is 7.37. The van der Waals surface area contributed by atoms with E-state index in [2.05, 4.69) is 20.4 Å². The lowest BCUT2D eigenvalue weighted by atomic mass is 10.0. The maximum Gasteiger partial charge on any atom is 0.208 e. The zero-order valence-corrected chi connectivity index (χ0v) is 16.8. The summed E-state index contributed by atoms with van der Waals surface area (Å²) in [6, 6.07) is 5.12. The third-order valence-electron chi connectivity index (χ3n) is 5.39. The second-order valence-electron chi connectivity index (χ2n) is 7.37. The van der Waals surface area contributed by atoms with Crippen LogP contribution >= 0.6 is 0 Å². The molecule has 4 aromatic rings. The lowest BCUT2D eigenvalue weighted by Crippen LogP contribution is -2.10. The van der Waals surface area contributed by atoms with Gasteiger partial charge in [-0.25, -0.2) is 14.4 Å². The van der Waals surface area contributed by atoms with Gasteiger partial charge >= 0.3 is 0 Å². The number of anilines is 1. The summed E-state index contributed by atoms with van der Waals surface area (Å²) in [5, 5.41) is 7.68. The number of ether oxygens (including phenoxy) is 1. The molecule has 9 heteroatoms. The van der Waals surface area contributed by atoms with Gasteiger partial charge in [-0.1, -0.05) is 0 Å². The molecule has 30 heavy (non-hydrogen) atoms. The Bertz CT molecular complexity index is 1260. The number of nitrogens with zero attached hydrogens (tertiary/aromatic N) is 5. The predicted octanol–water partition coefficient (Wildman–Crippen LogP) is 2.58. The first-order valence-electron chi connectivity index (χ1n) is 9.80. The van der Waals surface area contributed by atoms with Crippen molar-refractivity contribution in [2.24, 2.45) is 12.8 Å². The van der Waals surface area contributed by atoms with Crippen LogP contribution in [0.1, 0.15) is 22.5 Å². The van der Waals surface area contributed by atoms with Gasteiger partial charge < -0.3 is 15.8 Å². The van der Waals surface area contributed by atoms with Crippen molar-refractivity contribution in [2.75, 3.05) is 11.9 Å². The molecule has 0 aliphatic carbocycles. The molecule has 0 amide bonds. The number of benzene rings is 1. The Kier molecular flexibility index (Phi) is 4.39. The fourth-order valence-corrected chi connectivity index (χ4v) is 3.97. The Morgan fingerprint density at radius 1 is 1.33 bits per heavy atom. The van der Waals surface area contributed by atoms with E-state index in [4.69, 9.17) is 10.5 Å². The van der Waals surface area contributed by atoms with Crippen molar-refractivity contribution in [1.29, 1.82) is 0 Å². The van der Waals surface area contributed by atoms with E-state index in [0.717, 1.165) is 39.6 Å². The summed E-state index contributed by atoms with van der Waals surface area (Å²) in [6.45, 7) is 3.12. The largest absolute Gasteiger partial charge is 0.493 e. The molecule has 5 rings (SSSR count). The van der Waals surface area contributed by atoms with Crippen molar-refractivity contribution in [3.05, 3.63) is 58.9 Å². The van der Waals surface area contributed by atoms with Gasteiger partial charge in [-0.15, -0.1) is 0 Å². The molecule has 1 aliphatic heterocycles. The summed E-state index contributed by atoms with van der Waals surface area (Å²) in [6.07, 6.45) is 4.32. The highest BCUT2D eigenvalue weighted by Gasteiger charge is 2.20. The van der Waals surface area contributed by atoms with Crippen molar-refractivity contribution >= 4 is 11.6 Å². The Hall–Kier alpha value is -3.46. The molecule has 154 valence electrons. The summed E-state index contributed by atoms with van der Waals surface area (Å²) in [4.78, 5) is 9.27. The minimum absolute atomic E-state index is 0.252. The van der Waals surface area contributed by atoms with Crippen LogP contribution in [0.15, 0.2) is 30.6 Å². The molecule has 0 radical (unpaired) electrons. The van der Waals surface area contributed by atoms with Crippen LogP contribution in [0.4, 0.5) is 10.3 Å². The summed E-state index contributed by atoms with van der Waals surface area (Å²) >= 11 is 0. The average Bonchev–Trinajstić information content (AvgIpc) is 3.45. The number of hydrogen-bond donors (Lipinski definition) is 2. The van der Waals surface area contributed by atoms with Gasteiger partial charge in [0.05, 0.1) is 29.3 Å². The first kappa shape index (κ1) is 18.6. The number of aromatic nitrogens is 5. The fourth-order valence-electron chi connectivity index (χ4n) is 3.97. The van der Waals surface area contributed by atoms with Gasteiger partial charge in [-0.05, 0) is 25.1 Å². The summed E-state index contributed by atoms with van der Waals surface area (Å²) in [5.74, 6) is 1.07. The van der Waals surface area contributed by atoms with E-state index in [0.29, 0.717) is 37.6 Å². The van der Waals surface area contributed by atoms with E-state index in [1.807, 2.05) is 30.6 Å². The minimum Gasteiger partial charge on any atom is -0.493 e. The SMILES string of the molecule is Cc1cc(-c2cnc(NCc3c(F)ccc4c3CCO4)n3cc(CN)nc23)n(C)n1. The van der Waals surface area contributed by atoms with E-state index < -0.39 is 0 Å². The van der Waals surface area contributed by atoms with Crippen molar-refractivity contribution < 1.29 is 9.13 Å². The number of hydrogen-bond acceptors (Lipinski definition) is 6. The number of imidazole rings is 1. The van der Waals surface area contributed by atoms with Crippen LogP contribution in [0.2, 0.25) is 0 Å². The molecule has 1 aromatic carbocycles. The molecule has 0 saturated carbocycles. The zero-order valence-electron chi connectivity index (χ0n) is 16.8. The van der Waals surface area contributed by atoms with Crippen LogP contribution in [0.3, 0.4) is 0 Å². The molecule has 0 fully saturated rings. The number of nitrogens with one attached hydrogen (secondary N) is 1. The molecule has 0 saturated heterocycles. The highest BCUT2D eigenvalue weighted by Crippen LogP contribution is 2.31. The smallest absolute Gasteiger partial charge is 0.208 e. The summed E-state index contributed by atoms with van der Waals surface area (Å²) in [7, 11) is 1.89. The highest BCUT2D eigenvalue weighted by atomic mass is 19.1. The maximum atomic E-state index is 14.5. The molecule has 0 spiro atoms. The molecule has 3 aromatic heterocycles. The maximum absolute atomic E-state index is 14.5.